The molecule has 1 rings (SSSR count). The molecule has 0 spiro atoms. The van der Waals surface area contributed by atoms with Crippen LogP contribution in [0.15, 0.2) is 0 Å². The second-order valence-corrected chi connectivity index (χ2v) is 4.30. The van der Waals surface area contributed by atoms with Crippen LogP contribution < -0.4 is 10.6 Å². The van der Waals surface area contributed by atoms with Gasteiger partial charge in [-0.15, -0.1) is 0 Å². The summed E-state index contributed by atoms with van der Waals surface area (Å²) in [4.78, 5) is 16.4. The summed E-state index contributed by atoms with van der Waals surface area (Å²) in [5.74, 6) is 1.41. The fourth-order valence-electron chi connectivity index (χ4n) is 1.62. The Balaban J connectivity index is 2.81. The van der Waals surface area contributed by atoms with Crippen LogP contribution in [-0.2, 0) is 6.54 Å². The average molecular weight is 254 g/mol. The zero-order valence-corrected chi connectivity index (χ0v) is 11.3. The van der Waals surface area contributed by atoms with E-state index >= 15 is 0 Å². The van der Waals surface area contributed by atoms with E-state index in [1.165, 1.54) is 0 Å². The highest BCUT2D eigenvalue weighted by molar-refractivity contribution is 5.32. The van der Waals surface area contributed by atoms with E-state index < -0.39 is 0 Å². The van der Waals surface area contributed by atoms with Crippen LogP contribution in [0.3, 0.4) is 0 Å². The predicted octanol–water partition coefficient (Wildman–Crippen LogP) is -0.276. The van der Waals surface area contributed by atoms with Crippen molar-refractivity contribution in [3.8, 4) is 0 Å². The highest BCUT2D eigenvalue weighted by Crippen LogP contribution is 2.08. The molecular weight excluding hydrogens is 232 g/mol. The largest absolute Gasteiger partial charge is 0.395 e. The Labute approximate surface area is 108 Å². The Hall–Kier alpha value is -1.47. The van der Waals surface area contributed by atoms with E-state index in [0.29, 0.717) is 24.9 Å². The maximum Gasteiger partial charge on any atom is 0.229 e. The molecule has 0 aliphatic heterocycles. The van der Waals surface area contributed by atoms with Crippen LogP contribution >= 0.6 is 0 Å². The molecule has 0 aromatic carbocycles. The molecular formula is C11H22N6O. The summed E-state index contributed by atoms with van der Waals surface area (Å²) in [5.41, 5.74) is 5.66. The summed E-state index contributed by atoms with van der Waals surface area (Å²) in [6, 6.07) is 0. The van der Waals surface area contributed by atoms with Crippen LogP contribution in [0, 0.1) is 0 Å². The fourth-order valence-corrected chi connectivity index (χ4v) is 1.62. The van der Waals surface area contributed by atoms with Gasteiger partial charge in [-0.2, -0.15) is 15.0 Å². The van der Waals surface area contributed by atoms with Gasteiger partial charge < -0.3 is 15.7 Å². The quantitative estimate of drug-likeness (QED) is 0.691. The Morgan fingerprint density at radius 2 is 1.89 bits per heavy atom. The van der Waals surface area contributed by atoms with Crippen molar-refractivity contribution in [3.05, 3.63) is 5.82 Å². The molecule has 1 aromatic rings. The number of aliphatic hydroxyl groups is 1. The van der Waals surface area contributed by atoms with Crippen molar-refractivity contribution in [1.29, 1.82) is 0 Å². The second-order valence-electron chi connectivity index (χ2n) is 4.30. The van der Waals surface area contributed by atoms with Gasteiger partial charge in [0.15, 0.2) is 0 Å². The summed E-state index contributed by atoms with van der Waals surface area (Å²) < 4.78 is 0. The van der Waals surface area contributed by atoms with Gasteiger partial charge in [0, 0.05) is 20.6 Å². The van der Waals surface area contributed by atoms with Crippen molar-refractivity contribution in [2.24, 2.45) is 0 Å². The minimum Gasteiger partial charge on any atom is -0.395 e. The van der Waals surface area contributed by atoms with Gasteiger partial charge in [-0.25, -0.2) is 0 Å². The molecule has 0 aliphatic carbocycles. The predicted molar refractivity (Wildman–Crippen MR) is 71.2 cm³/mol. The molecule has 102 valence electrons. The fraction of sp³-hybridized carbons (Fsp3) is 0.727. The van der Waals surface area contributed by atoms with E-state index in [1.807, 2.05) is 14.1 Å². The number of anilines is 2. The van der Waals surface area contributed by atoms with Crippen LogP contribution in [0.5, 0.6) is 0 Å². The highest BCUT2D eigenvalue weighted by atomic mass is 16.3. The second kappa shape index (κ2) is 7.07. The third-order valence-corrected chi connectivity index (χ3v) is 2.41. The molecule has 0 saturated heterocycles. The summed E-state index contributed by atoms with van der Waals surface area (Å²) >= 11 is 0. The van der Waals surface area contributed by atoms with E-state index in [0.717, 1.165) is 13.0 Å². The Bertz CT molecular complexity index is 365. The molecule has 1 aromatic heterocycles. The van der Waals surface area contributed by atoms with Gasteiger partial charge in [0.1, 0.15) is 5.82 Å². The molecule has 0 amide bonds. The number of nitrogen functional groups attached to an aromatic ring is 1. The Morgan fingerprint density at radius 1 is 1.17 bits per heavy atom. The lowest BCUT2D eigenvalue weighted by atomic mass is 10.4. The smallest absolute Gasteiger partial charge is 0.229 e. The molecule has 0 fully saturated rings. The molecule has 0 radical (unpaired) electrons. The number of aromatic nitrogens is 3. The van der Waals surface area contributed by atoms with Gasteiger partial charge in [0.25, 0.3) is 0 Å². The van der Waals surface area contributed by atoms with E-state index in [9.17, 15) is 0 Å². The monoisotopic (exact) mass is 254 g/mol. The molecule has 3 N–H and O–H groups in total. The minimum absolute atomic E-state index is 0.126. The molecule has 1 heterocycles. The molecule has 0 bridgehead atoms. The Morgan fingerprint density at radius 3 is 2.44 bits per heavy atom. The highest BCUT2D eigenvalue weighted by Gasteiger charge is 2.10. The van der Waals surface area contributed by atoms with Crippen molar-refractivity contribution in [2.45, 2.75) is 19.9 Å². The van der Waals surface area contributed by atoms with E-state index in [1.54, 1.807) is 4.90 Å². The maximum atomic E-state index is 9.01. The van der Waals surface area contributed by atoms with Gasteiger partial charge in [0.05, 0.1) is 13.2 Å². The lowest BCUT2D eigenvalue weighted by molar-refractivity contribution is 0.187. The lowest BCUT2D eigenvalue weighted by Crippen LogP contribution is -2.29. The molecule has 0 aliphatic rings. The van der Waals surface area contributed by atoms with Gasteiger partial charge in [-0.1, -0.05) is 6.92 Å². The van der Waals surface area contributed by atoms with Crippen LogP contribution in [0.25, 0.3) is 0 Å². The van der Waals surface area contributed by atoms with Gasteiger partial charge in [-0.3, -0.25) is 4.90 Å². The van der Waals surface area contributed by atoms with E-state index in [2.05, 4.69) is 26.8 Å². The van der Waals surface area contributed by atoms with Gasteiger partial charge in [-0.05, 0) is 13.0 Å². The SMILES string of the molecule is CCCN(CCO)Cc1nc(N)nc(N(C)C)n1. The first kappa shape index (κ1) is 14.6. The van der Waals surface area contributed by atoms with Crippen molar-refractivity contribution in [2.75, 3.05) is 44.4 Å². The van der Waals surface area contributed by atoms with E-state index in [-0.39, 0.29) is 12.6 Å². The molecule has 7 heteroatoms. The lowest BCUT2D eigenvalue weighted by Gasteiger charge is -2.20. The average Bonchev–Trinajstić information content (AvgIpc) is 2.28. The first-order valence-electron chi connectivity index (χ1n) is 6.07. The normalized spacial score (nSPS) is 10.9. The van der Waals surface area contributed by atoms with Crippen molar-refractivity contribution >= 4 is 11.9 Å². The van der Waals surface area contributed by atoms with Crippen molar-refractivity contribution in [3.63, 3.8) is 0 Å². The van der Waals surface area contributed by atoms with Crippen LogP contribution in [0.2, 0.25) is 0 Å². The van der Waals surface area contributed by atoms with Gasteiger partial charge >= 0.3 is 0 Å². The minimum atomic E-state index is 0.126. The number of rotatable bonds is 7. The van der Waals surface area contributed by atoms with Crippen molar-refractivity contribution < 1.29 is 5.11 Å². The number of nitrogens with zero attached hydrogens (tertiary/aromatic N) is 5. The zero-order valence-electron chi connectivity index (χ0n) is 11.3. The number of hydrogen-bond donors (Lipinski definition) is 2. The summed E-state index contributed by atoms with van der Waals surface area (Å²) in [6.45, 7) is 4.29. The summed E-state index contributed by atoms with van der Waals surface area (Å²) in [7, 11) is 3.71. The number of aliphatic hydroxyl groups excluding tert-OH is 1. The van der Waals surface area contributed by atoms with E-state index in [4.69, 9.17) is 10.8 Å². The standard InChI is InChI=1S/C11H22N6O/c1-4-5-17(6-7-18)8-9-13-10(12)15-11(14-9)16(2)3/h18H,4-8H2,1-3H3,(H2,12,13,14,15). The van der Waals surface area contributed by atoms with Crippen LogP contribution in [0.4, 0.5) is 11.9 Å². The summed E-state index contributed by atoms with van der Waals surface area (Å²) in [6.07, 6.45) is 1.01. The molecule has 0 unspecified atom stereocenters. The maximum absolute atomic E-state index is 9.01. The first-order valence-corrected chi connectivity index (χ1v) is 6.07. The molecule has 0 saturated carbocycles. The third kappa shape index (κ3) is 4.42. The van der Waals surface area contributed by atoms with Crippen LogP contribution in [-0.4, -0.2) is 58.8 Å². The Kier molecular flexibility index (Phi) is 5.73. The third-order valence-electron chi connectivity index (χ3n) is 2.41. The van der Waals surface area contributed by atoms with Crippen LogP contribution in [0.1, 0.15) is 19.2 Å². The number of nitrogens with two attached hydrogens (primary N) is 1. The van der Waals surface area contributed by atoms with Gasteiger partial charge in [0.2, 0.25) is 11.9 Å². The molecule has 7 nitrogen and oxygen atoms in total. The first-order chi connectivity index (χ1) is 8.56. The zero-order chi connectivity index (χ0) is 13.5. The van der Waals surface area contributed by atoms with Crippen molar-refractivity contribution in [1.82, 2.24) is 19.9 Å². The molecule has 18 heavy (non-hydrogen) atoms. The topological polar surface area (TPSA) is 91.4 Å². The number of hydrogen-bond acceptors (Lipinski definition) is 7. The summed E-state index contributed by atoms with van der Waals surface area (Å²) in [5, 5.41) is 9.01. The molecule has 0 atom stereocenters.